The smallest absolute Gasteiger partial charge is 0.339 e. The zero-order valence-corrected chi connectivity index (χ0v) is 18.5. The normalized spacial score (nSPS) is 19.8. The van der Waals surface area contributed by atoms with Crippen molar-refractivity contribution in [2.45, 2.75) is 12.5 Å². The SMILES string of the molecule is COc1ccc(N2C(=O)C(=O)N(CC(=O)N(c3ccccc3)C3CCS(=O)(=O)C3)C2=O)cc1. The molecular formula is C22H21N3O7S. The molecule has 2 aromatic carbocycles. The van der Waals surface area contributed by atoms with Crippen LogP contribution in [-0.2, 0) is 24.2 Å². The van der Waals surface area contributed by atoms with Crippen LogP contribution in [0.25, 0.3) is 0 Å². The van der Waals surface area contributed by atoms with Crippen LogP contribution in [0.5, 0.6) is 5.75 Å². The summed E-state index contributed by atoms with van der Waals surface area (Å²) in [5.74, 6) is -2.63. The van der Waals surface area contributed by atoms with Crippen molar-refractivity contribution in [3.63, 3.8) is 0 Å². The molecule has 1 atom stereocenters. The quantitative estimate of drug-likeness (QED) is 0.459. The molecular weight excluding hydrogens is 450 g/mol. The van der Waals surface area contributed by atoms with E-state index in [2.05, 4.69) is 0 Å². The van der Waals surface area contributed by atoms with Crippen molar-refractivity contribution in [3.05, 3.63) is 54.6 Å². The van der Waals surface area contributed by atoms with Gasteiger partial charge in [-0.15, -0.1) is 0 Å². The molecule has 0 bridgehead atoms. The summed E-state index contributed by atoms with van der Waals surface area (Å²) in [5.41, 5.74) is 0.609. The van der Waals surface area contributed by atoms with E-state index in [1.807, 2.05) is 0 Å². The third-order valence-corrected chi connectivity index (χ3v) is 7.30. The van der Waals surface area contributed by atoms with Crippen LogP contribution in [0.3, 0.4) is 0 Å². The van der Waals surface area contributed by atoms with Gasteiger partial charge in [-0.1, -0.05) is 18.2 Å². The minimum atomic E-state index is -3.30. The van der Waals surface area contributed by atoms with Gasteiger partial charge in [-0.25, -0.2) is 23.0 Å². The summed E-state index contributed by atoms with van der Waals surface area (Å²) in [6.07, 6.45) is 0.238. The second-order valence-corrected chi connectivity index (χ2v) is 9.90. The highest BCUT2D eigenvalue weighted by atomic mass is 32.2. The molecule has 2 fully saturated rings. The lowest BCUT2D eigenvalue weighted by Gasteiger charge is -2.29. The van der Waals surface area contributed by atoms with Crippen LogP contribution < -0.4 is 14.5 Å². The number of methoxy groups -OCH3 is 1. The van der Waals surface area contributed by atoms with Crippen LogP contribution >= 0.6 is 0 Å². The molecule has 2 aromatic rings. The van der Waals surface area contributed by atoms with Gasteiger partial charge in [-0.3, -0.25) is 14.4 Å². The number of anilines is 2. The fourth-order valence-electron chi connectivity index (χ4n) is 3.94. The lowest BCUT2D eigenvalue weighted by molar-refractivity contribution is -0.140. The van der Waals surface area contributed by atoms with E-state index in [-0.39, 0.29) is 23.6 Å². The lowest BCUT2D eigenvalue weighted by atomic mass is 10.1. The second kappa shape index (κ2) is 8.66. The van der Waals surface area contributed by atoms with Gasteiger partial charge in [0.2, 0.25) is 5.91 Å². The number of hydrogen-bond donors (Lipinski definition) is 0. The Morgan fingerprint density at radius 1 is 1.03 bits per heavy atom. The molecule has 10 nitrogen and oxygen atoms in total. The van der Waals surface area contributed by atoms with E-state index in [9.17, 15) is 27.6 Å². The van der Waals surface area contributed by atoms with Crippen LogP contribution in [0.4, 0.5) is 16.2 Å². The first-order valence-corrected chi connectivity index (χ1v) is 12.0. The van der Waals surface area contributed by atoms with Gasteiger partial charge in [0.05, 0.1) is 30.3 Å². The maximum atomic E-state index is 13.3. The number of para-hydroxylation sites is 1. The third-order valence-electron chi connectivity index (χ3n) is 5.55. The van der Waals surface area contributed by atoms with Gasteiger partial charge in [0.1, 0.15) is 12.3 Å². The average molecular weight is 471 g/mol. The van der Waals surface area contributed by atoms with E-state index in [0.717, 1.165) is 0 Å². The summed E-state index contributed by atoms with van der Waals surface area (Å²) in [5, 5.41) is 0. The number of ether oxygens (including phenoxy) is 1. The van der Waals surface area contributed by atoms with Gasteiger partial charge in [0.15, 0.2) is 9.84 Å². The number of carbonyl (C=O) groups excluding carboxylic acids is 4. The Bertz CT molecular complexity index is 1210. The molecule has 4 rings (SSSR count). The Balaban J connectivity index is 1.59. The molecule has 172 valence electrons. The highest BCUT2D eigenvalue weighted by Crippen LogP contribution is 2.27. The van der Waals surface area contributed by atoms with Crippen LogP contribution in [0.15, 0.2) is 54.6 Å². The summed E-state index contributed by atoms with van der Waals surface area (Å²) >= 11 is 0. The summed E-state index contributed by atoms with van der Waals surface area (Å²) in [6, 6.07) is 12.8. The van der Waals surface area contributed by atoms with E-state index in [0.29, 0.717) is 21.2 Å². The number of rotatable bonds is 6. The topological polar surface area (TPSA) is 121 Å². The third kappa shape index (κ3) is 4.31. The molecule has 0 N–H and O–H groups in total. The summed E-state index contributed by atoms with van der Waals surface area (Å²) < 4.78 is 29.1. The van der Waals surface area contributed by atoms with Crippen molar-refractivity contribution in [1.29, 1.82) is 0 Å². The summed E-state index contributed by atoms with van der Waals surface area (Å²) in [7, 11) is -1.84. The van der Waals surface area contributed by atoms with Crippen molar-refractivity contribution in [3.8, 4) is 5.75 Å². The van der Waals surface area contributed by atoms with Crippen molar-refractivity contribution in [1.82, 2.24) is 4.90 Å². The Labute approximate surface area is 190 Å². The summed E-state index contributed by atoms with van der Waals surface area (Å²) in [6.45, 7) is -0.693. The highest BCUT2D eigenvalue weighted by Gasteiger charge is 2.47. The lowest BCUT2D eigenvalue weighted by Crippen LogP contribution is -2.48. The Kier molecular flexibility index (Phi) is 5.90. The predicted octanol–water partition coefficient (Wildman–Crippen LogP) is 1.21. The van der Waals surface area contributed by atoms with Crippen molar-refractivity contribution in [2.24, 2.45) is 0 Å². The number of hydrogen-bond acceptors (Lipinski definition) is 7. The highest BCUT2D eigenvalue weighted by molar-refractivity contribution is 7.91. The molecule has 2 heterocycles. The van der Waals surface area contributed by atoms with Gasteiger partial charge in [0.25, 0.3) is 0 Å². The molecule has 2 aliphatic heterocycles. The van der Waals surface area contributed by atoms with E-state index in [1.165, 1.54) is 36.3 Å². The molecule has 1 unspecified atom stereocenters. The van der Waals surface area contributed by atoms with E-state index >= 15 is 0 Å². The predicted molar refractivity (Wildman–Crippen MR) is 119 cm³/mol. The maximum Gasteiger partial charge on any atom is 0.339 e. The van der Waals surface area contributed by atoms with E-state index < -0.39 is 46.2 Å². The first kappa shape index (κ1) is 22.5. The molecule has 33 heavy (non-hydrogen) atoms. The molecule has 2 aliphatic rings. The molecule has 0 aromatic heterocycles. The van der Waals surface area contributed by atoms with E-state index in [4.69, 9.17) is 4.74 Å². The number of benzene rings is 2. The summed E-state index contributed by atoms with van der Waals surface area (Å²) in [4.78, 5) is 53.8. The average Bonchev–Trinajstić information content (AvgIpc) is 3.26. The van der Waals surface area contributed by atoms with Crippen molar-refractivity contribution < 1.29 is 32.3 Å². The van der Waals surface area contributed by atoms with E-state index in [1.54, 1.807) is 30.3 Å². The molecule has 2 saturated heterocycles. The molecule has 11 heteroatoms. The van der Waals surface area contributed by atoms with Gasteiger partial charge in [0, 0.05) is 5.69 Å². The minimum Gasteiger partial charge on any atom is -0.497 e. The number of nitrogens with zero attached hydrogens (tertiary/aromatic N) is 3. The molecule has 0 aliphatic carbocycles. The number of sulfone groups is 1. The Morgan fingerprint density at radius 2 is 1.70 bits per heavy atom. The number of urea groups is 1. The zero-order chi connectivity index (χ0) is 23.8. The van der Waals surface area contributed by atoms with Crippen molar-refractivity contribution in [2.75, 3.05) is 35.0 Å². The number of amides is 5. The zero-order valence-electron chi connectivity index (χ0n) is 17.7. The number of carbonyl (C=O) groups is 4. The first-order valence-electron chi connectivity index (χ1n) is 10.1. The Hall–Kier alpha value is -3.73. The molecule has 0 radical (unpaired) electrons. The molecule has 0 saturated carbocycles. The first-order chi connectivity index (χ1) is 15.7. The molecule has 0 spiro atoms. The second-order valence-electron chi connectivity index (χ2n) is 7.67. The van der Waals surface area contributed by atoms with Crippen LogP contribution in [0.2, 0.25) is 0 Å². The standard InChI is InChI=1S/C22H21N3O7S/c1-32-18-9-7-16(8-10-18)25-21(28)20(27)23(22(25)29)13-19(26)24(15-5-3-2-4-6-15)17-11-12-33(30,31)14-17/h2-10,17H,11-14H2,1H3. The maximum absolute atomic E-state index is 13.3. The van der Waals surface area contributed by atoms with Gasteiger partial charge < -0.3 is 9.64 Å². The van der Waals surface area contributed by atoms with Crippen molar-refractivity contribution >= 4 is 45.0 Å². The monoisotopic (exact) mass is 471 g/mol. The molecule has 5 amide bonds. The van der Waals surface area contributed by atoms with Crippen LogP contribution in [0.1, 0.15) is 6.42 Å². The van der Waals surface area contributed by atoms with Gasteiger partial charge in [-0.05, 0) is 42.8 Å². The fraction of sp³-hybridized carbons (Fsp3) is 0.273. The minimum absolute atomic E-state index is 0.0560. The largest absolute Gasteiger partial charge is 0.497 e. The van der Waals surface area contributed by atoms with Gasteiger partial charge >= 0.3 is 17.8 Å². The van der Waals surface area contributed by atoms with Crippen LogP contribution in [0, 0.1) is 0 Å². The van der Waals surface area contributed by atoms with Crippen LogP contribution in [-0.4, -0.2) is 68.3 Å². The number of imide groups is 2. The Morgan fingerprint density at radius 3 is 2.27 bits per heavy atom. The fourth-order valence-corrected chi connectivity index (χ4v) is 5.64. The van der Waals surface area contributed by atoms with Gasteiger partial charge in [-0.2, -0.15) is 0 Å².